The Labute approximate surface area is 88.5 Å². The van der Waals surface area contributed by atoms with E-state index in [9.17, 15) is 0 Å². The second kappa shape index (κ2) is 4.25. The van der Waals surface area contributed by atoms with Gasteiger partial charge in [0.2, 0.25) is 0 Å². The van der Waals surface area contributed by atoms with E-state index in [1.807, 2.05) is 0 Å². The van der Waals surface area contributed by atoms with E-state index in [-0.39, 0.29) is 5.41 Å². The Morgan fingerprint density at radius 2 is 1.77 bits per heavy atom. The van der Waals surface area contributed by atoms with E-state index in [2.05, 4.69) is 54.0 Å². The number of hydrogen-bond donors (Lipinski definition) is 1. The molecule has 0 saturated carbocycles. The topological polar surface area (TPSA) is 26.0 Å². The summed E-state index contributed by atoms with van der Waals surface area (Å²) in [6.07, 6.45) is 1.04. The Morgan fingerprint density at radius 1 is 1.23 bits per heavy atom. The molecule has 0 aliphatic carbocycles. The van der Waals surface area contributed by atoms with Crippen molar-refractivity contribution in [3.05, 3.63) is 34.3 Å². The minimum Gasteiger partial charge on any atom is -0.330 e. The fourth-order valence-corrected chi connectivity index (χ4v) is 1.49. The van der Waals surface area contributed by atoms with Crippen LogP contribution in [0.1, 0.15) is 19.4 Å². The summed E-state index contributed by atoms with van der Waals surface area (Å²) in [5.41, 5.74) is 7.22. The molecule has 1 rings (SSSR count). The van der Waals surface area contributed by atoms with Gasteiger partial charge in [-0.3, -0.25) is 0 Å². The van der Waals surface area contributed by atoms with Gasteiger partial charge in [-0.25, -0.2) is 0 Å². The van der Waals surface area contributed by atoms with Gasteiger partial charge < -0.3 is 5.73 Å². The predicted molar refractivity (Wildman–Crippen MR) is 60.7 cm³/mol. The summed E-state index contributed by atoms with van der Waals surface area (Å²) in [5.74, 6) is 0. The first-order valence-corrected chi connectivity index (χ1v) is 5.27. The quantitative estimate of drug-likeness (QED) is 0.866. The van der Waals surface area contributed by atoms with Gasteiger partial charge in [-0.1, -0.05) is 41.9 Å². The van der Waals surface area contributed by atoms with E-state index in [0.29, 0.717) is 0 Å². The molecule has 0 bridgehead atoms. The van der Waals surface area contributed by atoms with Crippen LogP contribution in [0.15, 0.2) is 28.7 Å². The molecule has 0 aromatic heterocycles. The van der Waals surface area contributed by atoms with Crippen LogP contribution < -0.4 is 5.73 Å². The van der Waals surface area contributed by atoms with Gasteiger partial charge in [0.05, 0.1) is 0 Å². The molecule has 0 amide bonds. The van der Waals surface area contributed by atoms with Crippen molar-refractivity contribution < 1.29 is 0 Å². The van der Waals surface area contributed by atoms with E-state index >= 15 is 0 Å². The molecular formula is C11H16BrN. The highest BCUT2D eigenvalue weighted by Crippen LogP contribution is 2.21. The summed E-state index contributed by atoms with van der Waals surface area (Å²) in [6.45, 7) is 5.10. The zero-order chi connectivity index (χ0) is 9.90. The molecule has 0 radical (unpaired) electrons. The van der Waals surface area contributed by atoms with Crippen LogP contribution in [0, 0.1) is 5.41 Å². The Morgan fingerprint density at radius 3 is 2.23 bits per heavy atom. The Balaban J connectivity index is 2.69. The fourth-order valence-electron chi connectivity index (χ4n) is 1.23. The number of hydrogen-bond acceptors (Lipinski definition) is 1. The van der Waals surface area contributed by atoms with Gasteiger partial charge in [0.1, 0.15) is 0 Å². The molecule has 0 saturated heterocycles. The van der Waals surface area contributed by atoms with E-state index in [0.717, 1.165) is 17.4 Å². The molecule has 2 heteroatoms. The molecule has 2 N–H and O–H groups in total. The van der Waals surface area contributed by atoms with Gasteiger partial charge in [-0.15, -0.1) is 0 Å². The smallest absolute Gasteiger partial charge is 0.0175 e. The van der Waals surface area contributed by atoms with Crippen LogP contribution in [0.4, 0.5) is 0 Å². The maximum atomic E-state index is 5.67. The minimum atomic E-state index is 0.202. The maximum Gasteiger partial charge on any atom is 0.0175 e. The number of rotatable bonds is 3. The summed E-state index contributed by atoms with van der Waals surface area (Å²) < 4.78 is 1.13. The average molecular weight is 242 g/mol. The third-order valence-electron chi connectivity index (χ3n) is 2.15. The van der Waals surface area contributed by atoms with E-state index < -0.39 is 0 Å². The highest BCUT2D eigenvalue weighted by Gasteiger charge is 2.15. The molecule has 0 aliphatic heterocycles. The van der Waals surface area contributed by atoms with Crippen molar-refractivity contribution in [1.82, 2.24) is 0 Å². The lowest BCUT2D eigenvalue weighted by Gasteiger charge is -2.22. The van der Waals surface area contributed by atoms with E-state index in [4.69, 9.17) is 5.73 Å². The van der Waals surface area contributed by atoms with Gasteiger partial charge >= 0.3 is 0 Å². The number of halogens is 1. The van der Waals surface area contributed by atoms with Crippen molar-refractivity contribution >= 4 is 15.9 Å². The first-order valence-electron chi connectivity index (χ1n) is 4.48. The highest BCUT2D eigenvalue weighted by molar-refractivity contribution is 9.10. The Bertz CT molecular complexity index is 264. The summed E-state index contributed by atoms with van der Waals surface area (Å²) in [5, 5.41) is 0. The lowest BCUT2D eigenvalue weighted by Crippen LogP contribution is -2.25. The maximum absolute atomic E-state index is 5.67. The zero-order valence-corrected chi connectivity index (χ0v) is 9.76. The molecule has 0 unspecified atom stereocenters. The third-order valence-corrected chi connectivity index (χ3v) is 2.68. The van der Waals surface area contributed by atoms with Gasteiger partial charge in [-0.05, 0) is 36.1 Å². The molecule has 72 valence electrons. The monoisotopic (exact) mass is 241 g/mol. The Hall–Kier alpha value is -0.340. The fraction of sp³-hybridized carbons (Fsp3) is 0.455. The van der Waals surface area contributed by atoms with Crippen molar-refractivity contribution in [2.75, 3.05) is 6.54 Å². The van der Waals surface area contributed by atoms with Crippen LogP contribution in [0.5, 0.6) is 0 Å². The molecule has 0 atom stereocenters. The highest BCUT2D eigenvalue weighted by atomic mass is 79.9. The van der Waals surface area contributed by atoms with Gasteiger partial charge in [0.15, 0.2) is 0 Å². The van der Waals surface area contributed by atoms with Crippen molar-refractivity contribution in [1.29, 1.82) is 0 Å². The second-order valence-electron chi connectivity index (χ2n) is 4.17. The standard InChI is InChI=1S/C11H16BrN/c1-11(2,8-13)7-9-3-5-10(12)6-4-9/h3-6H,7-8,13H2,1-2H3. The number of nitrogens with two attached hydrogens (primary N) is 1. The Kier molecular flexibility index (Phi) is 3.51. The third kappa shape index (κ3) is 3.49. The summed E-state index contributed by atoms with van der Waals surface area (Å²) >= 11 is 3.42. The molecule has 0 spiro atoms. The zero-order valence-electron chi connectivity index (χ0n) is 8.18. The lowest BCUT2D eigenvalue weighted by atomic mass is 9.86. The molecule has 1 nitrogen and oxygen atoms in total. The number of benzene rings is 1. The molecule has 0 aliphatic rings. The normalized spacial score (nSPS) is 11.7. The summed E-state index contributed by atoms with van der Waals surface area (Å²) in [7, 11) is 0. The van der Waals surface area contributed by atoms with E-state index in [1.165, 1.54) is 5.56 Å². The summed E-state index contributed by atoms with van der Waals surface area (Å²) in [4.78, 5) is 0. The first kappa shape index (κ1) is 10.7. The van der Waals surface area contributed by atoms with Gasteiger partial charge in [0.25, 0.3) is 0 Å². The van der Waals surface area contributed by atoms with Crippen LogP contribution >= 0.6 is 15.9 Å². The molecular weight excluding hydrogens is 226 g/mol. The average Bonchev–Trinajstić information content (AvgIpc) is 2.09. The van der Waals surface area contributed by atoms with Crippen LogP contribution in [0.25, 0.3) is 0 Å². The molecule has 13 heavy (non-hydrogen) atoms. The molecule has 0 heterocycles. The van der Waals surface area contributed by atoms with Crippen molar-refractivity contribution in [3.8, 4) is 0 Å². The van der Waals surface area contributed by atoms with Crippen LogP contribution in [-0.4, -0.2) is 6.54 Å². The predicted octanol–water partition coefficient (Wildman–Crippen LogP) is 2.98. The largest absolute Gasteiger partial charge is 0.330 e. The van der Waals surface area contributed by atoms with Gasteiger partial charge in [-0.2, -0.15) is 0 Å². The molecule has 1 aromatic carbocycles. The van der Waals surface area contributed by atoms with Crippen LogP contribution in [0.2, 0.25) is 0 Å². The van der Waals surface area contributed by atoms with Gasteiger partial charge in [0, 0.05) is 4.47 Å². The van der Waals surface area contributed by atoms with Crippen molar-refractivity contribution in [3.63, 3.8) is 0 Å². The summed E-state index contributed by atoms with van der Waals surface area (Å²) in [6, 6.07) is 8.42. The van der Waals surface area contributed by atoms with Crippen molar-refractivity contribution in [2.24, 2.45) is 11.1 Å². The second-order valence-corrected chi connectivity index (χ2v) is 5.09. The van der Waals surface area contributed by atoms with Crippen LogP contribution in [0.3, 0.4) is 0 Å². The minimum absolute atomic E-state index is 0.202. The lowest BCUT2D eigenvalue weighted by molar-refractivity contribution is 0.377. The SMILES string of the molecule is CC(C)(CN)Cc1ccc(Br)cc1. The van der Waals surface area contributed by atoms with Crippen LogP contribution in [-0.2, 0) is 6.42 Å². The van der Waals surface area contributed by atoms with Crippen molar-refractivity contribution in [2.45, 2.75) is 20.3 Å². The molecule has 1 aromatic rings. The molecule has 0 fully saturated rings. The first-order chi connectivity index (χ1) is 6.03. The van der Waals surface area contributed by atoms with E-state index in [1.54, 1.807) is 0 Å².